The SMILES string of the molecule is CN(Cc1cnn(C)c1)Cc1cn2ccccc2n1. The predicted octanol–water partition coefficient (Wildman–Crippen LogP) is 1.70. The molecule has 0 aliphatic heterocycles. The van der Waals surface area contributed by atoms with E-state index in [2.05, 4.69) is 28.2 Å². The Balaban J connectivity index is 1.70. The maximum Gasteiger partial charge on any atom is 0.137 e. The van der Waals surface area contributed by atoms with Crippen molar-refractivity contribution in [1.82, 2.24) is 24.1 Å². The molecule has 0 aliphatic carbocycles. The van der Waals surface area contributed by atoms with Crippen LogP contribution >= 0.6 is 0 Å². The first kappa shape index (κ1) is 11.9. The second kappa shape index (κ2) is 4.85. The maximum absolute atomic E-state index is 4.60. The highest BCUT2D eigenvalue weighted by Gasteiger charge is 2.06. The fourth-order valence-corrected chi connectivity index (χ4v) is 2.26. The number of aryl methyl sites for hydroxylation is 1. The van der Waals surface area contributed by atoms with Crippen LogP contribution in [0.3, 0.4) is 0 Å². The van der Waals surface area contributed by atoms with Crippen LogP contribution in [-0.2, 0) is 20.1 Å². The van der Waals surface area contributed by atoms with Crippen molar-refractivity contribution in [3.05, 3.63) is 54.2 Å². The Bertz CT molecular complexity index is 649. The lowest BCUT2D eigenvalue weighted by Gasteiger charge is -2.13. The van der Waals surface area contributed by atoms with Crippen LogP contribution in [0.2, 0.25) is 0 Å². The van der Waals surface area contributed by atoms with Gasteiger partial charge in [-0.3, -0.25) is 9.58 Å². The molecule has 98 valence electrons. The molecule has 0 aromatic carbocycles. The lowest BCUT2D eigenvalue weighted by atomic mass is 10.3. The van der Waals surface area contributed by atoms with E-state index in [1.54, 1.807) is 0 Å². The van der Waals surface area contributed by atoms with E-state index in [1.165, 1.54) is 5.56 Å². The summed E-state index contributed by atoms with van der Waals surface area (Å²) in [5.41, 5.74) is 3.29. The molecule has 0 fully saturated rings. The van der Waals surface area contributed by atoms with E-state index in [0.29, 0.717) is 0 Å². The van der Waals surface area contributed by atoms with E-state index in [0.717, 1.165) is 24.4 Å². The fraction of sp³-hybridized carbons (Fsp3) is 0.286. The van der Waals surface area contributed by atoms with Crippen molar-refractivity contribution in [2.75, 3.05) is 7.05 Å². The molecule has 3 aromatic rings. The number of hydrogen-bond donors (Lipinski definition) is 0. The van der Waals surface area contributed by atoms with Crippen molar-refractivity contribution < 1.29 is 0 Å². The first-order valence-corrected chi connectivity index (χ1v) is 6.29. The first-order chi connectivity index (χ1) is 9.20. The number of aromatic nitrogens is 4. The van der Waals surface area contributed by atoms with Crippen molar-refractivity contribution in [2.45, 2.75) is 13.1 Å². The van der Waals surface area contributed by atoms with Gasteiger partial charge < -0.3 is 4.40 Å². The number of hydrogen-bond acceptors (Lipinski definition) is 3. The molecule has 0 atom stereocenters. The standard InChI is InChI=1S/C14H17N5/c1-17(8-12-7-15-18(2)9-12)10-13-11-19-6-4-3-5-14(19)16-13/h3-7,9,11H,8,10H2,1-2H3. The van der Waals surface area contributed by atoms with E-state index in [4.69, 9.17) is 0 Å². The summed E-state index contributed by atoms with van der Waals surface area (Å²) in [6, 6.07) is 6.04. The van der Waals surface area contributed by atoms with Gasteiger partial charge in [0.05, 0.1) is 11.9 Å². The Hall–Kier alpha value is -2.14. The van der Waals surface area contributed by atoms with Gasteiger partial charge in [0.2, 0.25) is 0 Å². The molecule has 0 unspecified atom stereocenters. The summed E-state index contributed by atoms with van der Waals surface area (Å²) in [6.07, 6.45) is 8.04. The third-order valence-corrected chi connectivity index (χ3v) is 3.06. The van der Waals surface area contributed by atoms with E-state index in [-0.39, 0.29) is 0 Å². The third kappa shape index (κ3) is 2.66. The van der Waals surface area contributed by atoms with Gasteiger partial charge in [0.25, 0.3) is 0 Å². The molecule has 0 spiro atoms. The Morgan fingerprint density at radius 2 is 2.11 bits per heavy atom. The van der Waals surface area contributed by atoms with Crippen LogP contribution < -0.4 is 0 Å². The van der Waals surface area contributed by atoms with Gasteiger partial charge in [-0.1, -0.05) is 6.07 Å². The second-order valence-corrected chi connectivity index (χ2v) is 4.89. The second-order valence-electron chi connectivity index (χ2n) is 4.89. The Morgan fingerprint density at radius 3 is 2.84 bits per heavy atom. The molecule has 0 saturated heterocycles. The average Bonchev–Trinajstić information content (AvgIpc) is 2.94. The molecule has 19 heavy (non-hydrogen) atoms. The average molecular weight is 255 g/mol. The quantitative estimate of drug-likeness (QED) is 0.712. The molecular formula is C14H17N5. The van der Waals surface area contributed by atoms with E-state index < -0.39 is 0 Å². The minimum absolute atomic E-state index is 0.830. The van der Waals surface area contributed by atoms with Gasteiger partial charge >= 0.3 is 0 Å². The molecular weight excluding hydrogens is 238 g/mol. The fourth-order valence-electron chi connectivity index (χ4n) is 2.26. The highest BCUT2D eigenvalue weighted by atomic mass is 15.2. The molecule has 0 N–H and O–H groups in total. The molecule has 0 amide bonds. The van der Waals surface area contributed by atoms with Crippen molar-refractivity contribution in [3.63, 3.8) is 0 Å². The lowest BCUT2D eigenvalue weighted by molar-refractivity contribution is 0.315. The zero-order chi connectivity index (χ0) is 13.2. The summed E-state index contributed by atoms with van der Waals surface area (Å²) in [4.78, 5) is 6.83. The van der Waals surface area contributed by atoms with Crippen molar-refractivity contribution in [3.8, 4) is 0 Å². The van der Waals surface area contributed by atoms with Crippen LogP contribution in [0, 0.1) is 0 Å². The van der Waals surface area contributed by atoms with Gasteiger partial charge in [-0.05, 0) is 19.2 Å². The largest absolute Gasteiger partial charge is 0.307 e. The smallest absolute Gasteiger partial charge is 0.137 e. The van der Waals surface area contributed by atoms with Gasteiger partial charge in [-0.15, -0.1) is 0 Å². The van der Waals surface area contributed by atoms with Crippen molar-refractivity contribution >= 4 is 5.65 Å². The first-order valence-electron chi connectivity index (χ1n) is 6.29. The molecule has 0 radical (unpaired) electrons. The summed E-state index contributed by atoms with van der Waals surface area (Å²) >= 11 is 0. The third-order valence-electron chi connectivity index (χ3n) is 3.06. The maximum atomic E-state index is 4.60. The van der Waals surface area contributed by atoms with Crippen LogP contribution in [0.4, 0.5) is 0 Å². The lowest BCUT2D eigenvalue weighted by Crippen LogP contribution is -2.17. The monoisotopic (exact) mass is 255 g/mol. The molecule has 5 nitrogen and oxygen atoms in total. The van der Waals surface area contributed by atoms with Gasteiger partial charge in [-0.25, -0.2) is 4.98 Å². The Labute approximate surface area is 112 Å². The van der Waals surface area contributed by atoms with Gasteiger partial charge in [0.1, 0.15) is 5.65 Å². The number of nitrogens with zero attached hydrogens (tertiary/aromatic N) is 5. The molecule has 5 heteroatoms. The number of rotatable bonds is 4. The molecule has 3 aromatic heterocycles. The Morgan fingerprint density at radius 1 is 1.21 bits per heavy atom. The van der Waals surface area contributed by atoms with Crippen LogP contribution in [0.5, 0.6) is 0 Å². The topological polar surface area (TPSA) is 38.4 Å². The van der Waals surface area contributed by atoms with E-state index in [1.807, 2.05) is 52.9 Å². The number of pyridine rings is 1. The molecule has 3 rings (SSSR count). The number of fused-ring (bicyclic) bond motifs is 1. The number of imidazole rings is 1. The Kier molecular flexibility index (Phi) is 3.05. The van der Waals surface area contributed by atoms with Gasteiger partial charge in [-0.2, -0.15) is 5.10 Å². The van der Waals surface area contributed by atoms with Crippen molar-refractivity contribution in [1.29, 1.82) is 0 Å². The van der Waals surface area contributed by atoms with Gasteiger partial charge in [0.15, 0.2) is 0 Å². The van der Waals surface area contributed by atoms with E-state index >= 15 is 0 Å². The van der Waals surface area contributed by atoms with Crippen molar-refractivity contribution in [2.24, 2.45) is 7.05 Å². The normalized spacial score (nSPS) is 11.5. The molecule has 3 heterocycles. The minimum Gasteiger partial charge on any atom is -0.307 e. The highest BCUT2D eigenvalue weighted by molar-refractivity contribution is 5.39. The zero-order valence-corrected chi connectivity index (χ0v) is 11.2. The van der Waals surface area contributed by atoms with Crippen LogP contribution in [0.15, 0.2) is 43.0 Å². The van der Waals surface area contributed by atoms with Crippen LogP contribution in [0.25, 0.3) is 5.65 Å². The van der Waals surface area contributed by atoms with Gasteiger partial charge in [0, 0.05) is 44.3 Å². The summed E-state index contributed by atoms with van der Waals surface area (Å²) in [6.45, 7) is 1.71. The summed E-state index contributed by atoms with van der Waals surface area (Å²) < 4.78 is 3.88. The zero-order valence-electron chi connectivity index (χ0n) is 11.2. The predicted molar refractivity (Wildman–Crippen MR) is 73.6 cm³/mol. The summed E-state index contributed by atoms with van der Waals surface area (Å²) in [7, 11) is 4.03. The molecule has 0 bridgehead atoms. The van der Waals surface area contributed by atoms with Crippen LogP contribution in [-0.4, -0.2) is 31.1 Å². The summed E-state index contributed by atoms with van der Waals surface area (Å²) in [5, 5.41) is 4.18. The molecule has 0 saturated carbocycles. The summed E-state index contributed by atoms with van der Waals surface area (Å²) in [5.74, 6) is 0. The molecule has 0 aliphatic rings. The highest BCUT2D eigenvalue weighted by Crippen LogP contribution is 2.09. The van der Waals surface area contributed by atoms with E-state index in [9.17, 15) is 0 Å². The minimum atomic E-state index is 0.830. The van der Waals surface area contributed by atoms with Crippen LogP contribution in [0.1, 0.15) is 11.3 Å².